The molecule has 0 aliphatic carbocycles. The maximum absolute atomic E-state index is 5.85. The average Bonchev–Trinajstić information content (AvgIpc) is 3.10. The van der Waals surface area contributed by atoms with E-state index in [1.807, 2.05) is 31.2 Å². The number of hydrogen-bond acceptors (Lipinski definition) is 6. The molecular formula is C23H25N7. The van der Waals surface area contributed by atoms with Gasteiger partial charge in [-0.25, -0.2) is 15.0 Å². The summed E-state index contributed by atoms with van der Waals surface area (Å²) in [6.45, 7) is 7.32. The van der Waals surface area contributed by atoms with Crippen molar-refractivity contribution < 1.29 is 0 Å². The predicted octanol–water partition coefficient (Wildman–Crippen LogP) is 2.78. The van der Waals surface area contributed by atoms with Gasteiger partial charge in [0.05, 0.1) is 5.69 Å². The number of hydrogen-bond donors (Lipinski definition) is 2. The molecule has 4 aromatic rings. The van der Waals surface area contributed by atoms with Crippen LogP contribution in [0.15, 0.2) is 54.7 Å². The molecule has 7 heteroatoms. The van der Waals surface area contributed by atoms with Crippen LogP contribution in [0.25, 0.3) is 28.1 Å². The number of nitrogens with one attached hydrogen (secondary N) is 1. The van der Waals surface area contributed by atoms with E-state index < -0.39 is 0 Å². The van der Waals surface area contributed by atoms with Crippen molar-refractivity contribution in [3.05, 3.63) is 66.1 Å². The number of piperazine rings is 1. The first-order valence-corrected chi connectivity index (χ1v) is 10.3. The predicted molar refractivity (Wildman–Crippen MR) is 119 cm³/mol. The van der Waals surface area contributed by atoms with Gasteiger partial charge in [-0.15, -0.1) is 0 Å². The first kappa shape index (κ1) is 18.7. The Hall–Kier alpha value is -3.29. The Kier molecular flexibility index (Phi) is 4.90. The molecule has 0 radical (unpaired) electrons. The molecule has 3 N–H and O–H groups in total. The van der Waals surface area contributed by atoms with Gasteiger partial charge in [-0.3, -0.25) is 9.47 Å². The molecular weight excluding hydrogens is 374 g/mol. The lowest BCUT2D eigenvalue weighted by molar-refractivity contribution is 0.233. The summed E-state index contributed by atoms with van der Waals surface area (Å²) >= 11 is 0. The van der Waals surface area contributed by atoms with Gasteiger partial charge in [-0.1, -0.05) is 12.1 Å². The van der Waals surface area contributed by atoms with Crippen molar-refractivity contribution in [3.63, 3.8) is 0 Å². The SMILES string of the molecule is Cc1nc2ccc(-c3ccnc(N)c3)nc2n1-c1ccc(CN2CCNCC2)cc1. The first-order valence-electron chi connectivity index (χ1n) is 10.3. The van der Waals surface area contributed by atoms with Crippen LogP contribution < -0.4 is 11.1 Å². The third-order valence-corrected chi connectivity index (χ3v) is 5.56. The smallest absolute Gasteiger partial charge is 0.165 e. The number of aryl methyl sites for hydroxylation is 1. The largest absolute Gasteiger partial charge is 0.384 e. The van der Waals surface area contributed by atoms with Gasteiger partial charge in [0.15, 0.2) is 5.65 Å². The Morgan fingerprint density at radius 2 is 1.80 bits per heavy atom. The maximum Gasteiger partial charge on any atom is 0.165 e. The van der Waals surface area contributed by atoms with Gasteiger partial charge in [0.1, 0.15) is 17.2 Å². The third kappa shape index (κ3) is 3.65. The number of rotatable bonds is 4. The van der Waals surface area contributed by atoms with Crippen LogP contribution in [0, 0.1) is 6.92 Å². The monoisotopic (exact) mass is 399 g/mol. The fraction of sp³-hybridized carbons (Fsp3) is 0.261. The average molecular weight is 400 g/mol. The second kappa shape index (κ2) is 7.85. The summed E-state index contributed by atoms with van der Waals surface area (Å²) in [7, 11) is 0. The summed E-state index contributed by atoms with van der Waals surface area (Å²) in [6.07, 6.45) is 1.70. The fourth-order valence-electron chi connectivity index (χ4n) is 4.03. The summed E-state index contributed by atoms with van der Waals surface area (Å²) in [5.74, 6) is 1.40. The van der Waals surface area contributed by atoms with E-state index in [1.54, 1.807) is 6.20 Å². The Morgan fingerprint density at radius 1 is 1.00 bits per heavy atom. The van der Waals surface area contributed by atoms with Gasteiger partial charge in [-0.05, 0) is 48.9 Å². The molecule has 1 aromatic carbocycles. The van der Waals surface area contributed by atoms with Gasteiger partial charge in [0, 0.05) is 50.2 Å². The van der Waals surface area contributed by atoms with Crippen LogP contribution in [-0.2, 0) is 6.54 Å². The fourth-order valence-corrected chi connectivity index (χ4v) is 4.03. The molecule has 0 amide bonds. The Morgan fingerprint density at radius 3 is 2.57 bits per heavy atom. The maximum atomic E-state index is 5.85. The highest BCUT2D eigenvalue weighted by atomic mass is 15.2. The molecule has 152 valence electrons. The lowest BCUT2D eigenvalue weighted by atomic mass is 10.1. The molecule has 0 unspecified atom stereocenters. The number of fused-ring (bicyclic) bond motifs is 1. The zero-order chi connectivity index (χ0) is 20.5. The molecule has 0 atom stereocenters. The summed E-state index contributed by atoms with van der Waals surface area (Å²) in [5.41, 5.74) is 11.8. The lowest BCUT2D eigenvalue weighted by Crippen LogP contribution is -2.42. The Bertz CT molecular complexity index is 1170. The molecule has 0 spiro atoms. The van der Waals surface area contributed by atoms with E-state index in [0.29, 0.717) is 5.82 Å². The van der Waals surface area contributed by atoms with E-state index in [9.17, 15) is 0 Å². The van der Waals surface area contributed by atoms with Crippen LogP contribution in [0.3, 0.4) is 0 Å². The van der Waals surface area contributed by atoms with E-state index in [4.69, 9.17) is 15.7 Å². The molecule has 30 heavy (non-hydrogen) atoms. The minimum Gasteiger partial charge on any atom is -0.384 e. The molecule has 7 nitrogen and oxygen atoms in total. The zero-order valence-corrected chi connectivity index (χ0v) is 17.0. The second-order valence-electron chi connectivity index (χ2n) is 7.70. The summed E-state index contributed by atoms with van der Waals surface area (Å²) < 4.78 is 2.11. The number of pyridine rings is 2. The zero-order valence-electron chi connectivity index (χ0n) is 17.0. The standard InChI is InChI=1S/C23H25N7/c1-16-27-21-7-6-20(18-8-9-26-22(24)14-18)28-23(21)30(16)19-4-2-17(3-5-19)15-29-12-10-25-11-13-29/h2-9,14,25H,10-13,15H2,1H3,(H2,24,26). The Labute approximate surface area is 175 Å². The molecule has 1 fully saturated rings. The molecule has 1 aliphatic rings. The topological polar surface area (TPSA) is 84.9 Å². The number of nitrogens with zero attached hydrogens (tertiary/aromatic N) is 5. The van der Waals surface area contributed by atoms with Crippen molar-refractivity contribution in [2.45, 2.75) is 13.5 Å². The van der Waals surface area contributed by atoms with Crippen molar-refractivity contribution in [2.24, 2.45) is 0 Å². The molecule has 3 aromatic heterocycles. The van der Waals surface area contributed by atoms with Crippen LogP contribution in [0.2, 0.25) is 0 Å². The van der Waals surface area contributed by atoms with Crippen LogP contribution in [0.1, 0.15) is 11.4 Å². The summed E-state index contributed by atoms with van der Waals surface area (Å²) in [4.78, 5) is 16.2. The van der Waals surface area contributed by atoms with E-state index in [0.717, 1.165) is 66.7 Å². The molecule has 4 heterocycles. The van der Waals surface area contributed by atoms with Gasteiger partial charge >= 0.3 is 0 Å². The van der Waals surface area contributed by atoms with Gasteiger partial charge in [0.2, 0.25) is 0 Å². The van der Waals surface area contributed by atoms with Gasteiger partial charge in [0.25, 0.3) is 0 Å². The number of anilines is 1. The number of nitrogen functional groups attached to an aromatic ring is 1. The van der Waals surface area contributed by atoms with Crippen molar-refractivity contribution in [1.29, 1.82) is 0 Å². The first-order chi connectivity index (χ1) is 14.7. The van der Waals surface area contributed by atoms with Crippen molar-refractivity contribution >= 4 is 17.0 Å². The van der Waals surface area contributed by atoms with Crippen LogP contribution in [0.4, 0.5) is 5.82 Å². The summed E-state index contributed by atoms with van der Waals surface area (Å²) in [5, 5.41) is 3.40. The van der Waals surface area contributed by atoms with Crippen LogP contribution in [-0.4, -0.2) is 50.6 Å². The number of nitrogens with two attached hydrogens (primary N) is 1. The third-order valence-electron chi connectivity index (χ3n) is 5.56. The number of aromatic nitrogens is 4. The minimum absolute atomic E-state index is 0.485. The van der Waals surface area contributed by atoms with E-state index in [2.05, 4.69) is 44.0 Å². The second-order valence-corrected chi connectivity index (χ2v) is 7.70. The molecule has 5 rings (SSSR count). The van der Waals surface area contributed by atoms with Gasteiger partial charge in [-0.2, -0.15) is 0 Å². The highest BCUT2D eigenvalue weighted by Gasteiger charge is 2.14. The summed E-state index contributed by atoms with van der Waals surface area (Å²) in [6, 6.07) is 16.5. The number of imidazole rings is 1. The lowest BCUT2D eigenvalue weighted by Gasteiger charge is -2.27. The van der Waals surface area contributed by atoms with Crippen molar-refractivity contribution in [1.82, 2.24) is 29.7 Å². The quantitative estimate of drug-likeness (QED) is 0.549. The van der Waals surface area contributed by atoms with Gasteiger partial charge < -0.3 is 11.1 Å². The molecule has 1 saturated heterocycles. The van der Waals surface area contributed by atoms with E-state index >= 15 is 0 Å². The molecule has 1 aliphatic heterocycles. The highest BCUT2D eigenvalue weighted by molar-refractivity contribution is 5.78. The van der Waals surface area contributed by atoms with Crippen LogP contribution in [0.5, 0.6) is 0 Å². The highest BCUT2D eigenvalue weighted by Crippen LogP contribution is 2.25. The number of benzene rings is 1. The molecule has 0 saturated carbocycles. The van der Waals surface area contributed by atoms with Crippen molar-refractivity contribution in [3.8, 4) is 16.9 Å². The van der Waals surface area contributed by atoms with E-state index in [-0.39, 0.29) is 0 Å². The minimum atomic E-state index is 0.485. The van der Waals surface area contributed by atoms with Crippen molar-refractivity contribution in [2.75, 3.05) is 31.9 Å². The van der Waals surface area contributed by atoms with Crippen LogP contribution >= 0.6 is 0 Å². The molecule has 0 bridgehead atoms. The normalized spacial score (nSPS) is 15.0. The Balaban J connectivity index is 1.48. The van der Waals surface area contributed by atoms with E-state index in [1.165, 1.54) is 5.56 Å².